The van der Waals surface area contributed by atoms with Crippen molar-refractivity contribution in [3.8, 4) is 17.6 Å². The summed E-state index contributed by atoms with van der Waals surface area (Å²) < 4.78 is 12.2. The molecule has 0 atom stereocenters. The van der Waals surface area contributed by atoms with Crippen molar-refractivity contribution in [2.45, 2.75) is 39.2 Å². The summed E-state index contributed by atoms with van der Waals surface area (Å²) in [5.74, 6) is 2.12. The highest BCUT2D eigenvalue weighted by atomic mass is 35.5. The van der Waals surface area contributed by atoms with Crippen LogP contribution >= 0.6 is 11.6 Å². The van der Waals surface area contributed by atoms with Crippen LogP contribution in [0.1, 0.15) is 42.5 Å². The number of benzene rings is 3. The van der Waals surface area contributed by atoms with Gasteiger partial charge in [0.2, 0.25) is 5.91 Å². The summed E-state index contributed by atoms with van der Waals surface area (Å²) in [5.41, 5.74) is 10.3. The van der Waals surface area contributed by atoms with Crippen LogP contribution in [0.25, 0.3) is 10.9 Å². The molecule has 0 saturated heterocycles. The minimum atomic E-state index is -0.0329. The van der Waals surface area contributed by atoms with Gasteiger partial charge in [0.15, 0.2) is 0 Å². The normalized spacial score (nSPS) is 16.4. The first-order chi connectivity index (χ1) is 23.9. The lowest BCUT2D eigenvalue weighted by molar-refractivity contribution is -0.117. The molecule has 4 N–H and O–H groups in total. The monoisotopic (exact) mass is 674 g/mol. The van der Waals surface area contributed by atoms with Crippen LogP contribution < -0.4 is 25.8 Å². The predicted molar refractivity (Wildman–Crippen MR) is 193 cm³/mol. The van der Waals surface area contributed by atoms with E-state index in [1.807, 2.05) is 73.7 Å². The number of nitriles is 1. The Morgan fingerprint density at radius 3 is 2.39 bits per heavy atom. The van der Waals surface area contributed by atoms with Crippen molar-refractivity contribution in [2.75, 3.05) is 23.8 Å². The van der Waals surface area contributed by atoms with E-state index in [9.17, 15) is 10.1 Å². The maximum Gasteiger partial charge on any atom is 0.227 e. The molecule has 7 rings (SSSR count). The number of carbonyl (C=O) groups excluding carboxylic acids is 1. The van der Waals surface area contributed by atoms with Gasteiger partial charge in [-0.3, -0.25) is 14.8 Å². The number of fused-ring (bicyclic) bond motifs is 1. The first-order valence-corrected chi connectivity index (χ1v) is 16.9. The molecule has 0 spiro atoms. The minimum absolute atomic E-state index is 0.0165. The largest absolute Gasteiger partial charge is 0.491 e. The lowest BCUT2D eigenvalue weighted by Gasteiger charge is -2.34. The van der Waals surface area contributed by atoms with Gasteiger partial charge in [-0.05, 0) is 80.8 Å². The highest BCUT2D eigenvalue weighted by Gasteiger charge is 2.31. The second-order valence-corrected chi connectivity index (χ2v) is 12.9. The van der Waals surface area contributed by atoms with Crippen LogP contribution in [0.2, 0.25) is 5.02 Å². The van der Waals surface area contributed by atoms with Crippen molar-refractivity contribution in [1.82, 2.24) is 9.97 Å². The third kappa shape index (κ3) is 8.65. The van der Waals surface area contributed by atoms with Gasteiger partial charge in [-0.25, -0.2) is 0 Å². The second-order valence-electron chi connectivity index (χ2n) is 12.5. The number of anilines is 3. The Balaban J connectivity index is 0.000000628. The average molecular weight is 675 g/mol. The molecule has 3 aromatic carbocycles. The molecule has 1 amide bonds. The van der Waals surface area contributed by atoms with Crippen LogP contribution in [-0.2, 0) is 11.4 Å². The van der Waals surface area contributed by atoms with Crippen LogP contribution in [0, 0.1) is 36.0 Å². The van der Waals surface area contributed by atoms with E-state index in [4.69, 9.17) is 26.8 Å². The van der Waals surface area contributed by atoms with Gasteiger partial charge < -0.3 is 25.8 Å². The number of hydrogen-bond donors (Lipinski definition) is 3. The number of nitrogens with two attached hydrogens (primary N) is 1. The summed E-state index contributed by atoms with van der Waals surface area (Å²) in [6.45, 7) is 3.54. The summed E-state index contributed by atoms with van der Waals surface area (Å²) in [5, 5.41) is 17.4. The highest BCUT2D eigenvalue weighted by molar-refractivity contribution is 6.33. The number of nitrogens with one attached hydrogen (secondary N) is 2. The number of aromatic nitrogens is 2. The molecule has 0 bridgehead atoms. The molecular weight excluding hydrogens is 636 g/mol. The number of hydrogen-bond acceptors (Lipinski definition) is 8. The Morgan fingerprint density at radius 2 is 1.73 bits per heavy atom. The second kappa shape index (κ2) is 15.8. The van der Waals surface area contributed by atoms with Gasteiger partial charge in [0.1, 0.15) is 24.2 Å². The molecule has 0 unspecified atom stereocenters. The SMILES string of the molecule is Cc1cccnc1COc1ccc(Nc2c(C#N)cnc3cc(OCC4CC(CN)C4)c(NC(=O)C4CC4)cc23)c(Cl)c1.c1ccccc1. The topological polar surface area (TPSA) is 135 Å². The van der Waals surface area contributed by atoms with E-state index in [1.54, 1.807) is 18.3 Å². The first-order valence-electron chi connectivity index (χ1n) is 16.5. The molecule has 250 valence electrons. The first kappa shape index (κ1) is 33.7. The van der Waals surface area contributed by atoms with E-state index in [0.29, 0.717) is 81.6 Å². The number of ether oxygens (including phenoxy) is 2. The third-order valence-corrected chi connectivity index (χ3v) is 9.11. The fraction of sp³-hybridized carbons (Fsp3) is 0.282. The number of halogens is 1. The molecule has 0 aliphatic heterocycles. The van der Waals surface area contributed by atoms with Crippen LogP contribution in [0.3, 0.4) is 0 Å². The molecule has 49 heavy (non-hydrogen) atoms. The summed E-state index contributed by atoms with van der Waals surface area (Å²) in [4.78, 5) is 21.7. The average Bonchev–Trinajstić information content (AvgIpc) is 3.96. The van der Waals surface area contributed by atoms with Crippen molar-refractivity contribution < 1.29 is 14.3 Å². The Hall–Kier alpha value is -5.17. The van der Waals surface area contributed by atoms with Gasteiger partial charge in [0.05, 0.1) is 45.5 Å². The van der Waals surface area contributed by atoms with Crippen molar-refractivity contribution in [1.29, 1.82) is 5.26 Å². The number of amides is 1. The Labute approximate surface area is 291 Å². The summed E-state index contributed by atoms with van der Waals surface area (Å²) in [6, 6.07) is 27.1. The number of pyridine rings is 2. The minimum Gasteiger partial charge on any atom is -0.491 e. The van der Waals surface area contributed by atoms with Crippen molar-refractivity contribution in [3.63, 3.8) is 0 Å². The van der Waals surface area contributed by atoms with E-state index in [-0.39, 0.29) is 11.8 Å². The quantitative estimate of drug-likeness (QED) is 0.128. The number of rotatable bonds is 11. The van der Waals surface area contributed by atoms with E-state index in [0.717, 1.165) is 36.9 Å². The molecule has 2 aromatic heterocycles. The van der Waals surface area contributed by atoms with E-state index in [1.165, 1.54) is 6.20 Å². The van der Waals surface area contributed by atoms with Crippen molar-refractivity contribution in [3.05, 3.63) is 113 Å². The van der Waals surface area contributed by atoms with Crippen molar-refractivity contribution in [2.24, 2.45) is 23.5 Å². The smallest absolute Gasteiger partial charge is 0.227 e. The highest BCUT2D eigenvalue weighted by Crippen LogP contribution is 2.40. The molecular formula is C39H39ClN6O3. The summed E-state index contributed by atoms with van der Waals surface area (Å²) in [7, 11) is 0. The zero-order valence-electron chi connectivity index (χ0n) is 27.4. The van der Waals surface area contributed by atoms with Gasteiger partial charge >= 0.3 is 0 Å². The molecule has 2 saturated carbocycles. The Kier molecular flexibility index (Phi) is 10.9. The van der Waals surface area contributed by atoms with Gasteiger partial charge in [0, 0.05) is 35.8 Å². The zero-order chi connectivity index (χ0) is 34.2. The van der Waals surface area contributed by atoms with Crippen LogP contribution in [0.4, 0.5) is 17.1 Å². The van der Waals surface area contributed by atoms with Gasteiger partial charge in [-0.15, -0.1) is 0 Å². The molecule has 10 heteroatoms. The molecule has 0 radical (unpaired) electrons. The Bertz CT molecular complexity index is 1930. The molecule has 9 nitrogen and oxygen atoms in total. The van der Waals surface area contributed by atoms with Gasteiger partial charge in [-0.1, -0.05) is 54.1 Å². The predicted octanol–water partition coefficient (Wildman–Crippen LogP) is 8.18. The summed E-state index contributed by atoms with van der Waals surface area (Å²) in [6.07, 6.45) is 7.10. The molecule has 5 aromatic rings. The lowest BCUT2D eigenvalue weighted by Crippen LogP contribution is -2.33. The van der Waals surface area contributed by atoms with E-state index < -0.39 is 0 Å². The van der Waals surface area contributed by atoms with E-state index in [2.05, 4.69) is 26.7 Å². The van der Waals surface area contributed by atoms with E-state index >= 15 is 0 Å². The molecule has 2 heterocycles. The molecule has 2 aliphatic rings. The zero-order valence-corrected chi connectivity index (χ0v) is 28.1. The maximum absolute atomic E-state index is 12.8. The maximum atomic E-state index is 12.8. The third-order valence-electron chi connectivity index (χ3n) is 8.80. The van der Waals surface area contributed by atoms with Gasteiger partial charge in [0.25, 0.3) is 0 Å². The molecule has 2 aliphatic carbocycles. The Morgan fingerprint density at radius 1 is 0.980 bits per heavy atom. The van der Waals surface area contributed by atoms with Crippen LogP contribution in [0.5, 0.6) is 11.5 Å². The summed E-state index contributed by atoms with van der Waals surface area (Å²) >= 11 is 6.68. The number of aryl methyl sites for hydroxylation is 1. The molecule has 2 fully saturated rings. The number of carbonyl (C=O) groups is 1. The standard InChI is InChI=1S/C33H33ClN6O3.C6H6/c1-19-3-2-8-37-30(19)18-42-24-6-7-27(26(34)11-24)39-32-23(15-36)16-38-28-13-31(43-17-21-9-20(10-21)14-35)29(12-25(28)32)40-33(41)22-4-5-22;1-2-4-6-5-3-1/h2-3,6-8,11-13,16,20-22H,4-5,9-10,14,17-18,35H2,1H3,(H,38,39)(H,40,41);1-6H. The van der Waals surface area contributed by atoms with Crippen LogP contribution in [0.15, 0.2) is 91.3 Å². The lowest BCUT2D eigenvalue weighted by atomic mass is 9.75. The fourth-order valence-electron chi connectivity index (χ4n) is 5.67. The van der Waals surface area contributed by atoms with Crippen LogP contribution in [-0.4, -0.2) is 29.0 Å². The van der Waals surface area contributed by atoms with Gasteiger partial charge in [-0.2, -0.15) is 5.26 Å². The van der Waals surface area contributed by atoms with Crippen molar-refractivity contribution >= 4 is 45.5 Å². The number of nitrogens with zero attached hydrogens (tertiary/aromatic N) is 3. The fourth-order valence-corrected chi connectivity index (χ4v) is 5.89.